The maximum absolute atomic E-state index is 11.3. The molecule has 0 aromatic heterocycles. The highest BCUT2D eigenvalue weighted by Gasteiger charge is 2.37. The van der Waals surface area contributed by atoms with Crippen LogP contribution in [0, 0.1) is 0 Å². The molecule has 1 heterocycles. The van der Waals surface area contributed by atoms with Crippen LogP contribution in [0.15, 0.2) is 0 Å². The van der Waals surface area contributed by atoms with Gasteiger partial charge in [0.25, 0.3) is 0 Å². The van der Waals surface area contributed by atoms with Crippen LogP contribution >= 0.6 is 0 Å². The van der Waals surface area contributed by atoms with Crippen LogP contribution in [-0.2, 0) is 9.53 Å². The van der Waals surface area contributed by atoms with Crippen molar-refractivity contribution in [3.05, 3.63) is 0 Å². The summed E-state index contributed by atoms with van der Waals surface area (Å²) in [5.41, 5.74) is -0.0589. The molecule has 0 radical (unpaired) electrons. The molecule has 0 amide bonds. The average Bonchev–Trinajstić information content (AvgIpc) is 2.48. The van der Waals surface area contributed by atoms with E-state index in [1.807, 2.05) is 0 Å². The summed E-state index contributed by atoms with van der Waals surface area (Å²) >= 11 is 0. The minimum Gasteiger partial charge on any atom is -0.469 e. The Hall–Kier alpha value is -0.610. The van der Waals surface area contributed by atoms with Crippen LogP contribution in [0.2, 0.25) is 0 Å². The van der Waals surface area contributed by atoms with Gasteiger partial charge in [0.2, 0.25) is 0 Å². The van der Waals surface area contributed by atoms with Gasteiger partial charge in [0, 0.05) is 12.1 Å². The fourth-order valence-corrected chi connectivity index (χ4v) is 2.15. The second-order valence-corrected chi connectivity index (χ2v) is 4.05. The summed E-state index contributed by atoms with van der Waals surface area (Å²) in [7, 11) is 3.52. The quantitative estimate of drug-likeness (QED) is 0.660. The molecule has 0 aliphatic carbocycles. The maximum atomic E-state index is 11.3. The van der Waals surface area contributed by atoms with Gasteiger partial charge in [0.15, 0.2) is 0 Å². The van der Waals surface area contributed by atoms with Crippen molar-refractivity contribution in [2.75, 3.05) is 33.8 Å². The van der Waals surface area contributed by atoms with Crippen LogP contribution in [0.3, 0.4) is 0 Å². The Labute approximate surface area is 85.6 Å². The van der Waals surface area contributed by atoms with Crippen LogP contribution in [0.5, 0.6) is 0 Å². The molecule has 0 saturated carbocycles. The number of rotatable bonds is 4. The first-order valence-corrected chi connectivity index (χ1v) is 5.12. The lowest BCUT2D eigenvalue weighted by atomic mass is 9.94. The number of methoxy groups -OCH3 is 1. The van der Waals surface area contributed by atoms with Gasteiger partial charge in [0.1, 0.15) is 0 Å². The van der Waals surface area contributed by atoms with E-state index in [1.54, 1.807) is 0 Å². The Kier molecular flexibility index (Phi) is 3.89. The zero-order valence-corrected chi connectivity index (χ0v) is 9.30. The van der Waals surface area contributed by atoms with Gasteiger partial charge < -0.3 is 15.0 Å². The minimum absolute atomic E-state index is 0.0589. The molecule has 1 fully saturated rings. The molecular weight excluding hydrogens is 180 g/mol. The standard InChI is InChI=1S/C10H20N2O2/c1-4-11-10(7-9(13)14-3)5-6-12(2)8-10/h11H,4-8H2,1-3H3. The molecule has 0 spiro atoms. The SMILES string of the molecule is CCNC1(CC(=O)OC)CCN(C)C1. The molecule has 1 unspecified atom stereocenters. The Morgan fingerprint density at radius 1 is 1.64 bits per heavy atom. The number of carbonyl (C=O) groups is 1. The lowest BCUT2D eigenvalue weighted by molar-refractivity contribution is -0.142. The smallest absolute Gasteiger partial charge is 0.307 e. The summed E-state index contributed by atoms with van der Waals surface area (Å²) in [5, 5.41) is 3.41. The molecule has 1 N–H and O–H groups in total. The van der Waals surface area contributed by atoms with Crippen molar-refractivity contribution in [2.45, 2.75) is 25.3 Å². The van der Waals surface area contributed by atoms with Gasteiger partial charge in [-0.2, -0.15) is 0 Å². The maximum Gasteiger partial charge on any atom is 0.307 e. The number of carbonyl (C=O) groups excluding carboxylic acids is 1. The summed E-state index contributed by atoms with van der Waals surface area (Å²) in [6.45, 7) is 4.93. The summed E-state index contributed by atoms with van der Waals surface area (Å²) < 4.78 is 4.72. The zero-order valence-electron chi connectivity index (χ0n) is 9.30. The minimum atomic E-state index is -0.124. The average molecular weight is 200 g/mol. The highest BCUT2D eigenvalue weighted by atomic mass is 16.5. The summed E-state index contributed by atoms with van der Waals surface area (Å²) in [6, 6.07) is 0. The van der Waals surface area contributed by atoms with Crippen molar-refractivity contribution in [2.24, 2.45) is 0 Å². The van der Waals surface area contributed by atoms with Crippen LogP contribution in [0.4, 0.5) is 0 Å². The van der Waals surface area contributed by atoms with E-state index in [-0.39, 0.29) is 11.5 Å². The molecule has 0 aromatic rings. The van der Waals surface area contributed by atoms with E-state index in [1.165, 1.54) is 7.11 Å². The third kappa shape index (κ3) is 2.69. The first-order chi connectivity index (χ1) is 6.62. The van der Waals surface area contributed by atoms with Gasteiger partial charge in [-0.15, -0.1) is 0 Å². The Balaban J connectivity index is 2.58. The Morgan fingerprint density at radius 2 is 2.36 bits per heavy atom. The molecule has 1 atom stereocenters. The molecule has 14 heavy (non-hydrogen) atoms. The number of esters is 1. The van der Waals surface area contributed by atoms with Gasteiger partial charge >= 0.3 is 5.97 Å². The summed E-state index contributed by atoms with van der Waals surface area (Å²) in [4.78, 5) is 13.5. The number of likely N-dealkylation sites (N-methyl/N-ethyl adjacent to an activating group) is 2. The second-order valence-electron chi connectivity index (χ2n) is 4.05. The van der Waals surface area contributed by atoms with Crippen LogP contribution in [-0.4, -0.2) is 50.2 Å². The van der Waals surface area contributed by atoms with Crippen LogP contribution in [0.25, 0.3) is 0 Å². The molecule has 4 heteroatoms. The number of ether oxygens (including phenoxy) is 1. The third-order valence-electron chi connectivity index (χ3n) is 2.81. The fraction of sp³-hybridized carbons (Fsp3) is 0.900. The first kappa shape index (κ1) is 11.5. The van der Waals surface area contributed by atoms with Crippen LogP contribution < -0.4 is 5.32 Å². The van der Waals surface area contributed by atoms with E-state index >= 15 is 0 Å². The van der Waals surface area contributed by atoms with Gasteiger partial charge in [-0.1, -0.05) is 6.92 Å². The Bertz CT molecular complexity index is 204. The first-order valence-electron chi connectivity index (χ1n) is 5.12. The highest BCUT2D eigenvalue weighted by molar-refractivity contribution is 5.70. The number of nitrogens with zero attached hydrogens (tertiary/aromatic N) is 1. The van der Waals surface area contributed by atoms with E-state index in [2.05, 4.69) is 24.2 Å². The van der Waals surface area contributed by atoms with E-state index in [9.17, 15) is 4.79 Å². The Morgan fingerprint density at radius 3 is 2.79 bits per heavy atom. The molecule has 1 aliphatic heterocycles. The van der Waals surface area contributed by atoms with Crippen molar-refractivity contribution in [1.29, 1.82) is 0 Å². The summed E-state index contributed by atoms with van der Waals surface area (Å²) in [6.07, 6.45) is 1.49. The van der Waals surface area contributed by atoms with E-state index in [0.29, 0.717) is 6.42 Å². The molecule has 82 valence electrons. The van der Waals surface area contributed by atoms with E-state index in [0.717, 1.165) is 26.1 Å². The second kappa shape index (κ2) is 4.75. The van der Waals surface area contributed by atoms with Gasteiger partial charge in [0.05, 0.1) is 13.5 Å². The fourth-order valence-electron chi connectivity index (χ4n) is 2.15. The molecule has 0 aromatic carbocycles. The van der Waals surface area contributed by atoms with Gasteiger partial charge in [-0.05, 0) is 26.6 Å². The zero-order chi connectivity index (χ0) is 10.6. The van der Waals surface area contributed by atoms with Crippen molar-refractivity contribution in [1.82, 2.24) is 10.2 Å². The predicted molar refractivity (Wildman–Crippen MR) is 55.2 cm³/mol. The topological polar surface area (TPSA) is 41.6 Å². The highest BCUT2D eigenvalue weighted by Crippen LogP contribution is 2.24. The molecule has 1 saturated heterocycles. The van der Waals surface area contributed by atoms with Crippen LogP contribution in [0.1, 0.15) is 19.8 Å². The lowest BCUT2D eigenvalue weighted by Crippen LogP contribution is -2.48. The van der Waals surface area contributed by atoms with E-state index < -0.39 is 0 Å². The number of hydrogen-bond donors (Lipinski definition) is 1. The molecule has 1 rings (SSSR count). The monoisotopic (exact) mass is 200 g/mol. The lowest BCUT2D eigenvalue weighted by Gasteiger charge is -2.28. The molecule has 0 bridgehead atoms. The molecular formula is C10H20N2O2. The summed E-state index contributed by atoms with van der Waals surface area (Å²) in [5.74, 6) is -0.124. The molecule has 4 nitrogen and oxygen atoms in total. The predicted octanol–water partition coefficient (Wildman–Crippen LogP) is 0.233. The van der Waals surface area contributed by atoms with Crippen molar-refractivity contribution in [3.63, 3.8) is 0 Å². The van der Waals surface area contributed by atoms with E-state index in [4.69, 9.17) is 4.74 Å². The third-order valence-corrected chi connectivity index (χ3v) is 2.81. The largest absolute Gasteiger partial charge is 0.469 e. The van der Waals surface area contributed by atoms with Gasteiger partial charge in [-0.25, -0.2) is 0 Å². The number of nitrogens with one attached hydrogen (secondary N) is 1. The van der Waals surface area contributed by atoms with Gasteiger partial charge in [-0.3, -0.25) is 4.79 Å². The number of hydrogen-bond acceptors (Lipinski definition) is 4. The normalized spacial score (nSPS) is 27.9. The van der Waals surface area contributed by atoms with Crippen molar-refractivity contribution < 1.29 is 9.53 Å². The van der Waals surface area contributed by atoms with Crippen molar-refractivity contribution >= 4 is 5.97 Å². The number of likely N-dealkylation sites (tertiary alicyclic amines) is 1. The molecule has 1 aliphatic rings. The van der Waals surface area contributed by atoms with Crippen molar-refractivity contribution in [3.8, 4) is 0 Å².